The molecular weight excluding hydrogens is 470 g/mol. The third kappa shape index (κ3) is 3.40. The Hall–Kier alpha value is -4.88. The Morgan fingerprint density at radius 2 is 1.18 bits per heavy atom. The number of aromatic nitrogens is 1. The fraction of sp³-hybridized carbons (Fsp3) is 0.0526. The molecule has 39 heavy (non-hydrogen) atoms. The van der Waals surface area contributed by atoms with Gasteiger partial charge in [-0.05, 0) is 57.7 Å². The molecule has 2 aliphatic rings. The molecule has 2 unspecified atom stereocenters. The monoisotopic (exact) mass is 497 g/mol. The Balaban J connectivity index is 1.29. The van der Waals surface area contributed by atoms with Gasteiger partial charge in [-0.25, -0.2) is 0 Å². The van der Waals surface area contributed by atoms with E-state index in [2.05, 4.69) is 156 Å². The van der Waals surface area contributed by atoms with Gasteiger partial charge in [0.05, 0.1) is 11.0 Å². The van der Waals surface area contributed by atoms with Crippen molar-refractivity contribution >= 4 is 27.4 Å². The molecule has 0 aliphatic heterocycles. The Morgan fingerprint density at radius 1 is 0.538 bits per heavy atom. The number of allylic oxidation sites excluding steroid dienone is 5. The van der Waals surface area contributed by atoms with Crippen LogP contribution in [0.4, 0.5) is 0 Å². The molecule has 1 heterocycles. The van der Waals surface area contributed by atoms with E-state index in [1.807, 2.05) is 0 Å². The van der Waals surface area contributed by atoms with Crippen LogP contribution in [0.25, 0.3) is 33.1 Å². The van der Waals surface area contributed by atoms with Gasteiger partial charge in [0.1, 0.15) is 0 Å². The van der Waals surface area contributed by atoms with Gasteiger partial charge >= 0.3 is 0 Å². The van der Waals surface area contributed by atoms with Gasteiger partial charge in [-0.1, -0.05) is 127 Å². The van der Waals surface area contributed by atoms with Crippen molar-refractivity contribution in [2.24, 2.45) is 5.92 Å². The second-order valence-electron chi connectivity index (χ2n) is 10.5. The first-order valence-corrected chi connectivity index (χ1v) is 13.7. The second kappa shape index (κ2) is 8.85. The normalized spacial score (nSPS) is 17.9. The van der Waals surface area contributed by atoms with Crippen LogP contribution >= 0.6 is 0 Å². The SMILES string of the molecule is C1=CC2=C(c3ccccc3)c3ccccc3C(c3ccc(-n4c5ccccc5c5ccccc54)cc3)C2C=C1. The summed E-state index contributed by atoms with van der Waals surface area (Å²) in [6.45, 7) is 0. The quantitative estimate of drug-likeness (QED) is 0.229. The van der Waals surface area contributed by atoms with Crippen LogP contribution in [-0.4, -0.2) is 4.57 Å². The van der Waals surface area contributed by atoms with Crippen molar-refractivity contribution in [1.82, 2.24) is 4.57 Å². The number of benzene rings is 5. The minimum absolute atomic E-state index is 0.261. The summed E-state index contributed by atoms with van der Waals surface area (Å²) >= 11 is 0. The van der Waals surface area contributed by atoms with Crippen molar-refractivity contribution in [3.8, 4) is 5.69 Å². The maximum atomic E-state index is 2.39. The van der Waals surface area contributed by atoms with E-state index in [1.54, 1.807) is 0 Å². The molecule has 5 aromatic carbocycles. The van der Waals surface area contributed by atoms with Crippen LogP contribution in [0.3, 0.4) is 0 Å². The lowest BCUT2D eigenvalue weighted by Crippen LogP contribution is -2.22. The summed E-state index contributed by atoms with van der Waals surface area (Å²) in [4.78, 5) is 0. The fourth-order valence-corrected chi connectivity index (χ4v) is 6.79. The largest absolute Gasteiger partial charge is 0.309 e. The lowest BCUT2D eigenvalue weighted by Gasteiger charge is -2.37. The number of nitrogens with zero attached hydrogens (tertiary/aromatic N) is 1. The molecule has 0 N–H and O–H groups in total. The highest BCUT2D eigenvalue weighted by molar-refractivity contribution is 6.09. The van der Waals surface area contributed by atoms with E-state index in [0.717, 1.165) is 0 Å². The van der Waals surface area contributed by atoms with Gasteiger partial charge in [0.15, 0.2) is 0 Å². The van der Waals surface area contributed by atoms with Gasteiger partial charge in [0.2, 0.25) is 0 Å². The molecule has 8 rings (SSSR count). The molecule has 1 heteroatoms. The van der Waals surface area contributed by atoms with Gasteiger partial charge in [-0.15, -0.1) is 0 Å². The Labute approximate surface area is 228 Å². The van der Waals surface area contributed by atoms with Gasteiger partial charge in [0, 0.05) is 28.3 Å². The summed E-state index contributed by atoms with van der Waals surface area (Å²) in [7, 11) is 0. The molecule has 184 valence electrons. The van der Waals surface area contributed by atoms with Crippen LogP contribution in [0.2, 0.25) is 0 Å². The van der Waals surface area contributed by atoms with Crippen LogP contribution in [0.5, 0.6) is 0 Å². The van der Waals surface area contributed by atoms with E-state index < -0.39 is 0 Å². The molecule has 0 amide bonds. The highest BCUT2D eigenvalue weighted by Gasteiger charge is 2.35. The smallest absolute Gasteiger partial charge is 0.0541 e. The van der Waals surface area contributed by atoms with Crippen LogP contribution in [0.15, 0.2) is 157 Å². The number of fused-ring (bicyclic) bond motifs is 5. The zero-order valence-corrected chi connectivity index (χ0v) is 21.5. The van der Waals surface area contributed by atoms with Gasteiger partial charge in [-0.2, -0.15) is 0 Å². The lowest BCUT2D eigenvalue weighted by atomic mass is 9.66. The van der Waals surface area contributed by atoms with Gasteiger partial charge < -0.3 is 4.57 Å². The van der Waals surface area contributed by atoms with Crippen LogP contribution < -0.4 is 0 Å². The lowest BCUT2D eigenvalue weighted by molar-refractivity contribution is 0.649. The van der Waals surface area contributed by atoms with Crippen molar-refractivity contribution in [2.75, 3.05) is 0 Å². The minimum Gasteiger partial charge on any atom is -0.309 e. The van der Waals surface area contributed by atoms with E-state index in [0.29, 0.717) is 5.92 Å². The first-order chi connectivity index (χ1) is 19.4. The predicted octanol–water partition coefficient (Wildman–Crippen LogP) is 9.47. The second-order valence-corrected chi connectivity index (χ2v) is 10.5. The average molecular weight is 498 g/mol. The minimum atomic E-state index is 0.261. The first kappa shape index (κ1) is 22.1. The summed E-state index contributed by atoms with van der Waals surface area (Å²) in [5, 5.41) is 2.58. The van der Waals surface area contributed by atoms with E-state index in [9.17, 15) is 0 Å². The average Bonchev–Trinajstić information content (AvgIpc) is 3.35. The summed E-state index contributed by atoms with van der Waals surface area (Å²) in [6.07, 6.45) is 9.11. The van der Waals surface area contributed by atoms with Crippen LogP contribution in [-0.2, 0) is 0 Å². The molecule has 0 spiro atoms. The molecule has 0 fully saturated rings. The summed E-state index contributed by atoms with van der Waals surface area (Å²) < 4.78 is 2.39. The summed E-state index contributed by atoms with van der Waals surface area (Å²) in [5.41, 5.74) is 11.8. The van der Waals surface area contributed by atoms with E-state index in [4.69, 9.17) is 0 Å². The van der Waals surface area contributed by atoms with Crippen LogP contribution in [0, 0.1) is 5.92 Å². The van der Waals surface area contributed by atoms with Crippen LogP contribution in [0.1, 0.15) is 28.2 Å². The third-order valence-corrected chi connectivity index (χ3v) is 8.43. The Kier molecular flexibility index (Phi) is 5.03. The fourth-order valence-electron chi connectivity index (χ4n) is 6.79. The number of hydrogen-bond donors (Lipinski definition) is 0. The maximum Gasteiger partial charge on any atom is 0.0541 e. The van der Waals surface area contributed by atoms with Crippen molar-refractivity contribution in [2.45, 2.75) is 5.92 Å². The van der Waals surface area contributed by atoms with Crippen molar-refractivity contribution < 1.29 is 0 Å². The standard InChI is InChI=1S/C38H27N/c1-2-12-26(13-3-1)37-31-16-4-6-18-33(31)38(34-19-7-5-17-32(34)37)27-22-24-28(25-23-27)39-35-20-10-8-14-29(35)30-15-9-11-21-36(30)39/h1-25,33,38H. The summed E-state index contributed by atoms with van der Waals surface area (Å²) in [6, 6.07) is 46.6. The zero-order valence-electron chi connectivity index (χ0n) is 21.5. The zero-order chi connectivity index (χ0) is 25.8. The molecule has 0 radical (unpaired) electrons. The summed E-state index contributed by atoms with van der Waals surface area (Å²) in [5.74, 6) is 0.552. The molecule has 1 aromatic heterocycles. The number of rotatable bonds is 3. The first-order valence-electron chi connectivity index (χ1n) is 13.7. The molecule has 1 nitrogen and oxygen atoms in total. The Bertz CT molecular complexity index is 1890. The Morgan fingerprint density at radius 3 is 1.92 bits per heavy atom. The third-order valence-electron chi connectivity index (χ3n) is 8.43. The highest BCUT2D eigenvalue weighted by Crippen LogP contribution is 2.50. The van der Waals surface area contributed by atoms with Gasteiger partial charge in [-0.3, -0.25) is 0 Å². The number of hydrogen-bond acceptors (Lipinski definition) is 0. The van der Waals surface area contributed by atoms with E-state index in [-0.39, 0.29) is 5.92 Å². The molecule has 6 aromatic rings. The molecular formula is C38H27N. The molecule has 2 atom stereocenters. The van der Waals surface area contributed by atoms with Crippen molar-refractivity contribution in [3.05, 3.63) is 180 Å². The van der Waals surface area contributed by atoms with E-state index in [1.165, 1.54) is 60.9 Å². The molecule has 0 saturated carbocycles. The van der Waals surface area contributed by atoms with E-state index >= 15 is 0 Å². The molecule has 0 saturated heterocycles. The van der Waals surface area contributed by atoms with Crippen molar-refractivity contribution in [3.63, 3.8) is 0 Å². The number of para-hydroxylation sites is 2. The predicted molar refractivity (Wildman–Crippen MR) is 163 cm³/mol. The molecule has 0 bridgehead atoms. The highest BCUT2D eigenvalue weighted by atomic mass is 15.0. The molecule has 2 aliphatic carbocycles. The van der Waals surface area contributed by atoms with Gasteiger partial charge in [0.25, 0.3) is 0 Å². The maximum absolute atomic E-state index is 2.39. The van der Waals surface area contributed by atoms with Crippen molar-refractivity contribution in [1.29, 1.82) is 0 Å². The topological polar surface area (TPSA) is 4.93 Å².